The second kappa shape index (κ2) is 7.98. The summed E-state index contributed by atoms with van der Waals surface area (Å²) in [6.45, 7) is 0.323. The van der Waals surface area contributed by atoms with Crippen LogP contribution in [-0.4, -0.2) is 24.3 Å². The van der Waals surface area contributed by atoms with Crippen LogP contribution in [0.5, 0.6) is 11.5 Å². The van der Waals surface area contributed by atoms with Gasteiger partial charge in [-0.05, 0) is 35.4 Å². The molecule has 0 aromatic heterocycles. The van der Waals surface area contributed by atoms with E-state index in [2.05, 4.69) is 0 Å². The molecular formula is C19H15NO6. The van der Waals surface area contributed by atoms with Gasteiger partial charge in [0, 0.05) is 18.2 Å². The fraction of sp³-hybridized carbons (Fsp3) is 0.105. The molecule has 7 heteroatoms. The molecule has 2 aromatic rings. The molecule has 0 spiro atoms. The zero-order valence-corrected chi connectivity index (χ0v) is 13.7. The number of benzene rings is 2. The average molecular weight is 353 g/mol. The summed E-state index contributed by atoms with van der Waals surface area (Å²) in [5, 5.41) is 10.7. The van der Waals surface area contributed by atoms with E-state index in [0.29, 0.717) is 17.1 Å². The van der Waals surface area contributed by atoms with Crippen molar-refractivity contribution in [2.24, 2.45) is 0 Å². The van der Waals surface area contributed by atoms with Crippen molar-refractivity contribution in [2.75, 3.05) is 13.4 Å². The van der Waals surface area contributed by atoms with E-state index in [1.165, 1.54) is 24.3 Å². The Hall–Kier alpha value is -3.61. The van der Waals surface area contributed by atoms with Gasteiger partial charge in [-0.25, -0.2) is 4.79 Å². The second-order valence-electron chi connectivity index (χ2n) is 5.33. The van der Waals surface area contributed by atoms with Crippen LogP contribution < -0.4 is 9.47 Å². The quantitative estimate of drug-likeness (QED) is 0.341. The number of esters is 1. The van der Waals surface area contributed by atoms with Gasteiger partial charge in [0.1, 0.15) is 6.61 Å². The highest BCUT2D eigenvalue weighted by Crippen LogP contribution is 2.32. The Balaban J connectivity index is 1.49. The molecular weight excluding hydrogens is 338 g/mol. The van der Waals surface area contributed by atoms with E-state index in [-0.39, 0.29) is 19.1 Å². The number of nitrogens with zero attached hydrogens (tertiary/aromatic N) is 1. The van der Waals surface area contributed by atoms with E-state index in [9.17, 15) is 14.9 Å². The van der Waals surface area contributed by atoms with Gasteiger partial charge in [-0.2, -0.15) is 0 Å². The first-order valence-electron chi connectivity index (χ1n) is 7.77. The van der Waals surface area contributed by atoms with Gasteiger partial charge in [-0.3, -0.25) is 10.1 Å². The summed E-state index contributed by atoms with van der Waals surface area (Å²) in [6, 6.07) is 11.5. The zero-order valence-electron chi connectivity index (χ0n) is 13.7. The normalized spacial score (nSPS) is 12.6. The minimum Gasteiger partial charge on any atom is -0.458 e. The van der Waals surface area contributed by atoms with Crippen LogP contribution in [-0.2, 0) is 9.53 Å². The third-order valence-corrected chi connectivity index (χ3v) is 3.52. The number of carbonyl (C=O) groups is 1. The Bertz CT molecular complexity index is 887. The van der Waals surface area contributed by atoms with E-state index >= 15 is 0 Å². The SMILES string of the molecule is O=C(/C=C\c1cccc([N+](=O)[O-])c1)OC/C=C\c1ccc2c(c1)OCO2. The van der Waals surface area contributed by atoms with Gasteiger partial charge in [-0.15, -0.1) is 0 Å². The molecule has 7 nitrogen and oxygen atoms in total. The van der Waals surface area contributed by atoms with Gasteiger partial charge in [-0.1, -0.05) is 24.3 Å². The molecule has 1 heterocycles. The van der Waals surface area contributed by atoms with Gasteiger partial charge in [0.15, 0.2) is 11.5 Å². The van der Waals surface area contributed by atoms with Crippen molar-refractivity contribution in [3.63, 3.8) is 0 Å². The van der Waals surface area contributed by atoms with E-state index in [1.807, 2.05) is 18.2 Å². The van der Waals surface area contributed by atoms with Crippen LogP contribution in [0, 0.1) is 10.1 Å². The van der Waals surface area contributed by atoms with Crippen molar-refractivity contribution in [1.82, 2.24) is 0 Å². The number of hydrogen-bond acceptors (Lipinski definition) is 6. The number of fused-ring (bicyclic) bond motifs is 1. The highest BCUT2D eigenvalue weighted by atomic mass is 16.7. The molecule has 0 bridgehead atoms. The third-order valence-electron chi connectivity index (χ3n) is 3.52. The van der Waals surface area contributed by atoms with Crippen LogP contribution in [0.4, 0.5) is 5.69 Å². The van der Waals surface area contributed by atoms with Gasteiger partial charge in [0.2, 0.25) is 6.79 Å². The lowest BCUT2D eigenvalue weighted by Crippen LogP contribution is -1.99. The maximum absolute atomic E-state index is 11.7. The van der Waals surface area contributed by atoms with Crippen LogP contribution in [0.15, 0.2) is 54.6 Å². The maximum atomic E-state index is 11.7. The van der Waals surface area contributed by atoms with E-state index < -0.39 is 10.9 Å². The Kier molecular flexibility index (Phi) is 5.28. The third kappa shape index (κ3) is 4.47. The summed E-state index contributed by atoms with van der Waals surface area (Å²) in [4.78, 5) is 21.9. The summed E-state index contributed by atoms with van der Waals surface area (Å²) in [5.74, 6) is 0.857. The van der Waals surface area contributed by atoms with Gasteiger partial charge < -0.3 is 14.2 Å². The van der Waals surface area contributed by atoms with Crippen molar-refractivity contribution in [1.29, 1.82) is 0 Å². The molecule has 26 heavy (non-hydrogen) atoms. The lowest BCUT2D eigenvalue weighted by Gasteiger charge is -1.99. The molecule has 3 rings (SSSR count). The lowest BCUT2D eigenvalue weighted by molar-refractivity contribution is -0.384. The summed E-state index contributed by atoms with van der Waals surface area (Å²) in [7, 11) is 0. The standard InChI is InChI=1S/C19H15NO6/c21-19(9-7-14-3-1-5-16(11-14)20(22)23)24-10-2-4-15-6-8-17-18(12-15)26-13-25-17/h1-9,11-12H,10,13H2/b4-2-,9-7-. The number of non-ortho nitro benzene ring substituents is 1. The van der Waals surface area contributed by atoms with Crippen molar-refractivity contribution >= 4 is 23.8 Å². The topological polar surface area (TPSA) is 87.9 Å². The second-order valence-corrected chi connectivity index (χ2v) is 5.33. The first-order valence-corrected chi connectivity index (χ1v) is 7.77. The van der Waals surface area contributed by atoms with E-state index in [1.54, 1.807) is 24.3 Å². The van der Waals surface area contributed by atoms with Crippen molar-refractivity contribution in [3.05, 3.63) is 75.9 Å². The first kappa shape index (κ1) is 17.2. The number of ether oxygens (including phenoxy) is 3. The molecule has 0 N–H and O–H groups in total. The summed E-state index contributed by atoms with van der Waals surface area (Å²) < 4.78 is 15.6. The monoisotopic (exact) mass is 353 g/mol. The van der Waals surface area contributed by atoms with Crippen molar-refractivity contribution < 1.29 is 23.9 Å². The van der Waals surface area contributed by atoms with Gasteiger partial charge in [0.25, 0.3) is 5.69 Å². The van der Waals surface area contributed by atoms with Crippen LogP contribution >= 0.6 is 0 Å². The van der Waals surface area contributed by atoms with Crippen molar-refractivity contribution in [3.8, 4) is 11.5 Å². The molecule has 1 aliphatic rings. The fourth-order valence-electron chi connectivity index (χ4n) is 2.29. The number of rotatable bonds is 6. The maximum Gasteiger partial charge on any atom is 0.331 e. The average Bonchev–Trinajstić information content (AvgIpc) is 3.11. The minimum atomic E-state index is -0.535. The van der Waals surface area contributed by atoms with Crippen LogP contribution in [0.2, 0.25) is 0 Å². The molecule has 0 fully saturated rings. The molecule has 0 saturated heterocycles. The predicted octanol–water partition coefficient (Wildman–Crippen LogP) is 3.59. The van der Waals surface area contributed by atoms with Crippen LogP contribution in [0.25, 0.3) is 12.2 Å². The largest absolute Gasteiger partial charge is 0.458 e. The Labute approximate surface area is 149 Å². The summed E-state index contributed by atoms with van der Waals surface area (Å²) >= 11 is 0. The summed E-state index contributed by atoms with van der Waals surface area (Å²) in [5.41, 5.74) is 1.41. The van der Waals surface area contributed by atoms with E-state index in [0.717, 1.165) is 5.56 Å². The van der Waals surface area contributed by atoms with Gasteiger partial charge >= 0.3 is 5.97 Å². The van der Waals surface area contributed by atoms with E-state index in [4.69, 9.17) is 14.2 Å². The van der Waals surface area contributed by atoms with Crippen LogP contribution in [0.1, 0.15) is 11.1 Å². The molecule has 0 radical (unpaired) electrons. The zero-order chi connectivity index (χ0) is 18.4. The number of carbonyl (C=O) groups excluding carboxylic acids is 1. The smallest absolute Gasteiger partial charge is 0.331 e. The molecule has 0 aliphatic carbocycles. The van der Waals surface area contributed by atoms with Crippen LogP contribution in [0.3, 0.4) is 0 Å². The lowest BCUT2D eigenvalue weighted by atomic mass is 10.2. The number of nitro benzene ring substituents is 1. The molecule has 2 aromatic carbocycles. The summed E-state index contributed by atoms with van der Waals surface area (Å²) in [6.07, 6.45) is 6.21. The predicted molar refractivity (Wildman–Crippen MR) is 94.7 cm³/mol. The Morgan fingerprint density at radius 3 is 2.77 bits per heavy atom. The minimum absolute atomic E-state index is 0.0350. The first-order chi connectivity index (χ1) is 12.6. The van der Waals surface area contributed by atoms with Crippen molar-refractivity contribution in [2.45, 2.75) is 0 Å². The highest BCUT2D eigenvalue weighted by molar-refractivity contribution is 5.87. The molecule has 0 amide bonds. The molecule has 0 saturated carbocycles. The molecule has 1 aliphatic heterocycles. The molecule has 132 valence electrons. The van der Waals surface area contributed by atoms with Gasteiger partial charge in [0.05, 0.1) is 4.92 Å². The highest BCUT2D eigenvalue weighted by Gasteiger charge is 2.12. The number of hydrogen-bond donors (Lipinski definition) is 0. The number of nitro groups is 1. The molecule has 0 unspecified atom stereocenters. The Morgan fingerprint density at radius 1 is 1.12 bits per heavy atom. The molecule has 0 atom stereocenters. The Morgan fingerprint density at radius 2 is 1.92 bits per heavy atom. The fourth-order valence-corrected chi connectivity index (χ4v) is 2.29.